The summed E-state index contributed by atoms with van der Waals surface area (Å²) in [7, 11) is 0. The van der Waals surface area contributed by atoms with Crippen LogP contribution in [0.2, 0.25) is 0 Å². The number of rotatable bonds is 1. The van der Waals surface area contributed by atoms with Crippen molar-refractivity contribution in [2.24, 2.45) is 5.92 Å². The number of carbonyl (C=O) groups excluding carboxylic acids is 3. The number of ketones is 1. The molecule has 0 aliphatic carbocycles. The van der Waals surface area contributed by atoms with Crippen molar-refractivity contribution in [2.45, 2.75) is 45.2 Å². The molecule has 0 aromatic rings. The first-order chi connectivity index (χ1) is 7.86. The van der Waals surface area contributed by atoms with Gasteiger partial charge in [-0.3, -0.25) is 14.4 Å². The molecule has 2 heterocycles. The average molecular weight is 238 g/mol. The van der Waals surface area contributed by atoms with E-state index < -0.39 is 11.6 Å². The SMILES string of the molecule is CC(C)[C@@H]1NC(=O)[C@@]2(C)CCC(=O)CN2C1=O. The summed E-state index contributed by atoms with van der Waals surface area (Å²) in [5.74, 6) is -0.195. The molecule has 94 valence electrons. The number of fused-ring (bicyclic) bond motifs is 1. The largest absolute Gasteiger partial charge is 0.342 e. The normalized spacial score (nSPS) is 33.8. The van der Waals surface area contributed by atoms with E-state index in [4.69, 9.17) is 0 Å². The molecule has 0 saturated carbocycles. The van der Waals surface area contributed by atoms with Crippen LogP contribution in [-0.2, 0) is 14.4 Å². The zero-order valence-electron chi connectivity index (χ0n) is 10.4. The molecule has 17 heavy (non-hydrogen) atoms. The van der Waals surface area contributed by atoms with Crippen LogP contribution in [0.3, 0.4) is 0 Å². The lowest BCUT2D eigenvalue weighted by Crippen LogP contribution is -2.72. The quantitative estimate of drug-likeness (QED) is 0.704. The fourth-order valence-corrected chi connectivity index (χ4v) is 2.48. The van der Waals surface area contributed by atoms with Gasteiger partial charge in [0.15, 0.2) is 5.78 Å². The summed E-state index contributed by atoms with van der Waals surface area (Å²) in [5.41, 5.74) is -0.837. The molecule has 0 aromatic carbocycles. The molecule has 2 atom stereocenters. The van der Waals surface area contributed by atoms with Gasteiger partial charge in [-0.05, 0) is 19.3 Å². The summed E-state index contributed by atoms with van der Waals surface area (Å²) in [5, 5.41) is 2.78. The monoisotopic (exact) mass is 238 g/mol. The van der Waals surface area contributed by atoms with Gasteiger partial charge in [0.2, 0.25) is 11.8 Å². The molecule has 0 aromatic heterocycles. The topological polar surface area (TPSA) is 66.5 Å². The minimum Gasteiger partial charge on any atom is -0.342 e. The van der Waals surface area contributed by atoms with Crippen LogP contribution in [0.25, 0.3) is 0 Å². The van der Waals surface area contributed by atoms with E-state index in [2.05, 4.69) is 5.32 Å². The Morgan fingerprint density at radius 1 is 1.35 bits per heavy atom. The average Bonchev–Trinajstić information content (AvgIpc) is 2.26. The molecule has 2 fully saturated rings. The van der Waals surface area contributed by atoms with Gasteiger partial charge in [-0.1, -0.05) is 13.8 Å². The number of hydrogen-bond acceptors (Lipinski definition) is 3. The molecule has 0 spiro atoms. The number of amides is 2. The first-order valence-electron chi connectivity index (χ1n) is 6.00. The lowest BCUT2D eigenvalue weighted by atomic mass is 9.82. The van der Waals surface area contributed by atoms with Crippen LogP contribution in [-0.4, -0.2) is 40.6 Å². The van der Waals surface area contributed by atoms with Gasteiger partial charge in [-0.2, -0.15) is 0 Å². The molecular weight excluding hydrogens is 220 g/mol. The zero-order chi connectivity index (χ0) is 12.8. The lowest BCUT2D eigenvalue weighted by molar-refractivity contribution is -0.162. The Kier molecular flexibility index (Phi) is 2.72. The lowest BCUT2D eigenvalue weighted by Gasteiger charge is -2.49. The Hall–Kier alpha value is -1.39. The maximum atomic E-state index is 12.3. The molecule has 2 saturated heterocycles. The molecule has 5 heteroatoms. The smallest absolute Gasteiger partial charge is 0.246 e. The second-order valence-corrected chi connectivity index (χ2v) is 5.43. The molecule has 0 unspecified atom stereocenters. The highest BCUT2D eigenvalue weighted by Gasteiger charge is 2.52. The molecule has 2 amide bonds. The highest BCUT2D eigenvalue weighted by atomic mass is 16.2. The molecule has 2 aliphatic rings. The van der Waals surface area contributed by atoms with Gasteiger partial charge in [0, 0.05) is 6.42 Å². The Morgan fingerprint density at radius 2 is 2.00 bits per heavy atom. The van der Waals surface area contributed by atoms with E-state index in [1.54, 1.807) is 6.92 Å². The van der Waals surface area contributed by atoms with Crippen LogP contribution in [0.5, 0.6) is 0 Å². The minimum absolute atomic E-state index is 0.0352. The minimum atomic E-state index is -0.837. The van der Waals surface area contributed by atoms with Gasteiger partial charge in [0.1, 0.15) is 11.6 Å². The number of nitrogens with zero attached hydrogens (tertiary/aromatic N) is 1. The summed E-state index contributed by atoms with van der Waals surface area (Å²) >= 11 is 0. The second-order valence-electron chi connectivity index (χ2n) is 5.43. The first-order valence-corrected chi connectivity index (χ1v) is 6.00. The number of nitrogens with one attached hydrogen (secondary N) is 1. The van der Waals surface area contributed by atoms with Crippen molar-refractivity contribution in [2.75, 3.05) is 6.54 Å². The van der Waals surface area contributed by atoms with Gasteiger partial charge >= 0.3 is 0 Å². The molecule has 0 bridgehead atoms. The molecule has 0 radical (unpaired) electrons. The third kappa shape index (κ3) is 1.73. The Balaban J connectivity index is 2.33. The summed E-state index contributed by atoms with van der Waals surface area (Å²) in [6, 6.07) is -0.499. The van der Waals surface area contributed by atoms with Gasteiger partial charge in [0.05, 0.1) is 6.54 Å². The van der Waals surface area contributed by atoms with Crippen LogP contribution in [0.1, 0.15) is 33.6 Å². The molecular formula is C12H18N2O3. The molecule has 1 N–H and O–H groups in total. The number of carbonyl (C=O) groups is 3. The first kappa shape index (κ1) is 12.1. The predicted octanol–water partition coefficient (Wildman–Crippen LogP) is 0.0910. The number of piperazine rings is 1. The Labute approximate surface area is 101 Å². The van der Waals surface area contributed by atoms with E-state index in [0.29, 0.717) is 12.8 Å². The van der Waals surface area contributed by atoms with E-state index in [9.17, 15) is 14.4 Å². The van der Waals surface area contributed by atoms with Crippen LogP contribution >= 0.6 is 0 Å². The van der Waals surface area contributed by atoms with Crippen molar-refractivity contribution in [3.63, 3.8) is 0 Å². The predicted molar refractivity (Wildman–Crippen MR) is 61.1 cm³/mol. The maximum Gasteiger partial charge on any atom is 0.246 e. The van der Waals surface area contributed by atoms with Crippen molar-refractivity contribution in [3.05, 3.63) is 0 Å². The van der Waals surface area contributed by atoms with E-state index >= 15 is 0 Å². The van der Waals surface area contributed by atoms with Crippen LogP contribution in [0.15, 0.2) is 0 Å². The van der Waals surface area contributed by atoms with Crippen molar-refractivity contribution < 1.29 is 14.4 Å². The third-order valence-electron chi connectivity index (χ3n) is 3.80. The van der Waals surface area contributed by atoms with Crippen LogP contribution in [0, 0.1) is 5.92 Å². The second kappa shape index (κ2) is 3.82. The van der Waals surface area contributed by atoms with Gasteiger partial charge < -0.3 is 10.2 Å². The third-order valence-corrected chi connectivity index (χ3v) is 3.80. The molecule has 2 aliphatic heterocycles. The highest BCUT2D eigenvalue weighted by Crippen LogP contribution is 2.31. The molecule has 5 nitrogen and oxygen atoms in total. The summed E-state index contributed by atoms with van der Waals surface area (Å²) in [6.45, 7) is 5.59. The van der Waals surface area contributed by atoms with Gasteiger partial charge in [0.25, 0.3) is 0 Å². The standard InChI is InChI=1S/C12H18N2O3/c1-7(2)9-10(16)14-6-8(15)4-5-12(14,3)11(17)13-9/h7,9H,4-6H2,1-3H3,(H,13,17)/t9-,12+/m0/s1. The van der Waals surface area contributed by atoms with Crippen molar-refractivity contribution in [1.29, 1.82) is 0 Å². The van der Waals surface area contributed by atoms with E-state index in [-0.39, 0.29) is 30.1 Å². The number of hydrogen-bond donors (Lipinski definition) is 1. The van der Waals surface area contributed by atoms with Crippen LogP contribution in [0.4, 0.5) is 0 Å². The van der Waals surface area contributed by atoms with Crippen LogP contribution < -0.4 is 5.32 Å². The van der Waals surface area contributed by atoms with Gasteiger partial charge in [-0.15, -0.1) is 0 Å². The number of Topliss-reactive ketones (excluding diaryl/α,β-unsaturated/α-hetero) is 1. The Bertz CT molecular complexity index is 391. The fourth-order valence-electron chi connectivity index (χ4n) is 2.48. The molecule has 2 rings (SSSR count). The summed E-state index contributed by atoms with van der Waals surface area (Å²) < 4.78 is 0. The summed E-state index contributed by atoms with van der Waals surface area (Å²) in [4.78, 5) is 37.3. The summed E-state index contributed by atoms with van der Waals surface area (Å²) in [6.07, 6.45) is 0.800. The van der Waals surface area contributed by atoms with Crippen molar-refractivity contribution in [1.82, 2.24) is 10.2 Å². The van der Waals surface area contributed by atoms with E-state index in [1.807, 2.05) is 13.8 Å². The fraction of sp³-hybridized carbons (Fsp3) is 0.750. The number of piperidine rings is 1. The van der Waals surface area contributed by atoms with E-state index in [0.717, 1.165) is 0 Å². The van der Waals surface area contributed by atoms with Crippen molar-refractivity contribution in [3.8, 4) is 0 Å². The Morgan fingerprint density at radius 3 is 2.59 bits per heavy atom. The maximum absolute atomic E-state index is 12.3. The highest BCUT2D eigenvalue weighted by molar-refractivity contribution is 6.03. The van der Waals surface area contributed by atoms with Gasteiger partial charge in [-0.25, -0.2) is 0 Å². The zero-order valence-corrected chi connectivity index (χ0v) is 10.4. The van der Waals surface area contributed by atoms with Crippen molar-refractivity contribution >= 4 is 17.6 Å². The van der Waals surface area contributed by atoms with E-state index in [1.165, 1.54) is 4.90 Å².